The third kappa shape index (κ3) is 4.21. The maximum absolute atomic E-state index is 6.82. The zero-order chi connectivity index (χ0) is 22.3. The molecule has 32 heavy (non-hydrogen) atoms. The van der Waals surface area contributed by atoms with Gasteiger partial charge in [0.15, 0.2) is 0 Å². The van der Waals surface area contributed by atoms with E-state index in [0.29, 0.717) is 18.6 Å². The van der Waals surface area contributed by atoms with Crippen LogP contribution < -0.4 is 4.46 Å². The molecule has 2 aromatic carbocycles. The van der Waals surface area contributed by atoms with Crippen molar-refractivity contribution in [2.24, 2.45) is 11.8 Å². The van der Waals surface area contributed by atoms with Crippen LogP contribution in [0.15, 0.2) is 60.7 Å². The molecule has 0 radical (unpaired) electrons. The maximum atomic E-state index is 6.82. The van der Waals surface area contributed by atoms with Crippen molar-refractivity contribution in [1.29, 1.82) is 0 Å². The first-order valence-electron chi connectivity index (χ1n) is 12.2. The van der Waals surface area contributed by atoms with Gasteiger partial charge in [0, 0.05) is 0 Å². The molecule has 2 aromatic rings. The second kappa shape index (κ2) is 8.89. The zero-order valence-electron chi connectivity index (χ0n) is 19.9. The average molecular weight is 499 g/mol. The SMILES string of the molecule is C[C@@H]1CC[C@@H]2[C@@H](C1)O[C@H]1CO[C@@H](c3ccccc3)[C@](C)([Se]c3ccccc3)CN1C2(C)C. The zero-order valence-corrected chi connectivity index (χ0v) is 21.6. The summed E-state index contributed by atoms with van der Waals surface area (Å²) in [4.78, 5) is 2.68. The Balaban J connectivity index is 1.52. The second-order valence-electron chi connectivity index (χ2n) is 10.8. The van der Waals surface area contributed by atoms with Gasteiger partial charge in [-0.3, -0.25) is 0 Å². The van der Waals surface area contributed by atoms with Crippen molar-refractivity contribution in [3.05, 3.63) is 66.2 Å². The standard InChI is InChI=1S/C28H37NO2Se/c1-20-15-16-23-24(17-20)31-25-18-30-26(21-11-7-5-8-12-21)28(4,19-29(25)27(23,2)3)32-22-13-9-6-10-14-22/h5-14,20,23-26H,15-19H2,1-4H3/t20-,23-,24-,25+,26+,28-/m1/s1. The van der Waals surface area contributed by atoms with Crippen molar-refractivity contribution in [3.8, 4) is 0 Å². The molecule has 2 aliphatic heterocycles. The van der Waals surface area contributed by atoms with Gasteiger partial charge < -0.3 is 0 Å². The molecule has 3 fully saturated rings. The van der Waals surface area contributed by atoms with Crippen LogP contribution in [0.1, 0.15) is 58.6 Å². The molecule has 3 nitrogen and oxygen atoms in total. The van der Waals surface area contributed by atoms with Crippen molar-refractivity contribution >= 4 is 19.4 Å². The molecule has 6 atom stereocenters. The summed E-state index contributed by atoms with van der Waals surface area (Å²) in [6.45, 7) is 11.4. The van der Waals surface area contributed by atoms with E-state index in [9.17, 15) is 0 Å². The van der Waals surface area contributed by atoms with Crippen LogP contribution in [0.3, 0.4) is 0 Å². The van der Waals surface area contributed by atoms with Crippen molar-refractivity contribution in [2.45, 2.75) is 75.2 Å². The van der Waals surface area contributed by atoms with E-state index in [-0.39, 0.29) is 37.1 Å². The normalized spacial score (nSPS) is 37.2. The summed E-state index contributed by atoms with van der Waals surface area (Å²) in [5.41, 5.74) is 1.40. The van der Waals surface area contributed by atoms with Gasteiger partial charge in [0.2, 0.25) is 0 Å². The fraction of sp³-hybridized carbons (Fsp3) is 0.571. The quantitative estimate of drug-likeness (QED) is 0.543. The first-order valence-corrected chi connectivity index (χ1v) is 13.9. The molecular formula is C28H37NO2Se. The topological polar surface area (TPSA) is 21.7 Å². The minimum atomic E-state index is -0.000117. The molecule has 5 rings (SSSR count). The van der Waals surface area contributed by atoms with Crippen molar-refractivity contribution < 1.29 is 9.47 Å². The number of nitrogens with zero attached hydrogens (tertiary/aromatic N) is 1. The van der Waals surface area contributed by atoms with E-state index in [4.69, 9.17) is 9.47 Å². The summed E-state index contributed by atoms with van der Waals surface area (Å²) in [6.07, 6.45) is 4.24. The molecule has 0 amide bonds. The van der Waals surface area contributed by atoms with Gasteiger partial charge in [-0.1, -0.05) is 0 Å². The second-order valence-corrected chi connectivity index (χ2v) is 14.2. The summed E-state index contributed by atoms with van der Waals surface area (Å²) in [5, 5.41) is 0. The molecule has 0 spiro atoms. The van der Waals surface area contributed by atoms with Crippen LogP contribution in [-0.4, -0.2) is 50.9 Å². The molecule has 172 valence electrons. The van der Waals surface area contributed by atoms with Crippen LogP contribution in [0.4, 0.5) is 0 Å². The first-order chi connectivity index (χ1) is 15.4. The van der Waals surface area contributed by atoms with Gasteiger partial charge in [0.1, 0.15) is 0 Å². The third-order valence-corrected chi connectivity index (χ3v) is 10.8. The van der Waals surface area contributed by atoms with Crippen LogP contribution >= 0.6 is 0 Å². The Bertz CT molecular complexity index is 904. The molecular weight excluding hydrogens is 461 g/mol. The summed E-state index contributed by atoms with van der Waals surface area (Å²) < 4.78 is 15.0. The Labute approximate surface area is 200 Å². The van der Waals surface area contributed by atoms with Gasteiger partial charge in [0.25, 0.3) is 0 Å². The van der Waals surface area contributed by atoms with E-state index in [1.165, 1.54) is 29.3 Å². The first kappa shape index (κ1) is 22.6. The Morgan fingerprint density at radius 3 is 2.34 bits per heavy atom. The molecule has 3 aliphatic rings. The van der Waals surface area contributed by atoms with E-state index in [1.54, 1.807) is 0 Å². The number of fused-ring (bicyclic) bond motifs is 2. The predicted octanol–water partition coefficient (Wildman–Crippen LogP) is 5.21. The van der Waals surface area contributed by atoms with Gasteiger partial charge in [0.05, 0.1) is 0 Å². The number of hydrogen-bond acceptors (Lipinski definition) is 3. The molecule has 0 N–H and O–H groups in total. The van der Waals surface area contributed by atoms with E-state index >= 15 is 0 Å². The Morgan fingerprint density at radius 1 is 0.938 bits per heavy atom. The number of hydrogen-bond donors (Lipinski definition) is 0. The van der Waals surface area contributed by atoms with E-state index in [2.05, 4.69) is 93.3 Å². The molecule has 1 saturated carbocycles. The molecule has 4 heteroatoms. The predicted molar refractivity (Wildman–Crippen MR) is 131 cm³/mol. The summed E-state index contributed by atoms with van der Waals surface area (Å²) in [5.74, 6) is 1.35. The number of rotatable bonds is 3. The van der Waals surface area contributed by atoms with Crippen LogP contribution in [0.25, 0.3) is 0 Å². The summed E-state index contributed by atoms with van der Waals surface area (Å²) in [6, 6.07) is 21.9. The number of benzene rings is 2. The van der Waals surface area contributed by atoms with Crippen LogP contribution in [0, 0.1) is 11.8 Å². The van der Waals surface area contributed by atoms with Crippen LogP contribution in [0.2, 0.25) is 4.31 Å². The van der Waals surface area contributed by atoms with Crippen LogP contribution in [-0.2, 0) is 9.47 Å². The molecule has 2 heterocycles. The molecule has 0 bridgehead atoms. The Hall–Kier alpha value is -1.16. The molecule has 2 saturated heterocycles. The average Bonchev–Trinajstić information content (AvgIpc) is 2.92. The van der Waals surface area contributed by atoms with Gasteiger partial charge in [-0.25, -0.2) is 0 Å². The van der Waals surface area contributed by atoms with Crippen molar-refractivity contribution in [3.63, 3.8) is 0 Å². The summed E-state index contributed by atoms with van der Waals surface area (Å²) in [7, 11) is 0. The Morgan fingerprint density at radius 2 is 1.62 bits per heavy atom. The van der Waals surface area contributed by atoms with Crippen molar-refractivity contribution in [1.82, 2.24) is 4.90 Å². The molecule has 0 aromatic heterocycles. The van der Waals surface area contributed by atoms with Gasteiger partial charge in [-0.2, -0.15) is 0 Å². The van der Waals surface area contributed by atoms with Crippen LogP contribution in [0.5, 0.6) is 0 Å². The van der Waals surface area contributed by atoms with E-state index in [0.717, 1.165) is 12.5 Å². The molecule has 0 unspecified atom stereocenters. The van der Waals surface area contributed by atoms with E-state index < -0.39 is 0 Å². The van der Waals surface area contributed by atoms with Gasteiger partial charge >= 0.3 is 200 Å². The summed E-state index contributed by atoms with van der Waals surface area (Å²) >= 11 is 0.262. The minimum absolute atomic E-state index is 0.000117. The van der Waals surface area contributed by atoms with Crippen molar-refractivity contribution in [2.75, 3.05) is 13.2 Å². The monoisotopic (exact) mass is 499 g/mol. The van der Waals surface area contributed by atoms with Gasteiger partial charge in [-0.15, -0.1) is 0 Å². The third-order valence-electron chi connectivity index (χ3n) is 8.02. The fourth-order valence-electron chi connectivity index (χ4n) is 6.28. The fourth-order valence-corrected chi connectivity index (χ4v) is 9.10. The number of ether oxygens (including phenoxy) is 2. The Kier molecular flexibility index (Phi) is 6.28. The molecule has 1 aliphatic carbocycles. The van der Waals surface area contributed by atoms with Gasteiger partial charge in [-0.05, 0) is 0 Å². The van der Waals surface area contributed by atoms with E-state index in [1.807, 2.05) is 0 Å².